The van der Waals surface area contributed by atoms with E-state index in [1.54, 1.807) is 11.3 Å². The van der Waals surface area contributed by atoms with Crippen LogP contribution in [-0.4, -0.2) is 34.4 Å². The number of carboxylic acids is 1. The van der Waals surface area contributed by atoms with Crippen LogP contribution in [0, 0.1) is 0 Å². The molecule has 0 spiro atoms. The van der Waals surface area contributed by atoms with Crippen LogP contribution in [0.25, 0.3) is 0 Å². The number of aliphatic carboxylic acids is 1. The lowest BCUT2D eigenvalue weighted by Crippen LogP contribution is -2.14. The van der Waals surface area contributed by atoms with Crippen molar-refractivity contribution in [2.45, 2.75) is 44.4 Å². The van der Waals surface area contributed by atoms with Crippen LogP contribution in [-0.2, 0) is 30.5 Å². The molecule has 8 heteroatoms. The van der Waals surface area contributed by atoms with Gasteiger partial charge in [0.25, 0.3) is 0 Å². The second-order valence-electron chi connectivity index (χ2n) is 8.18. The fourth-order valence-electron chi connectivity index (χ4n) is 4.24. The van der Waals surface area contributed by atoms with Gasteiger partial charge in [0.1, 0.15) is 5.82 Å². The lowest BCUT2D eigenvalue weighted by Gasteiger charge is -2.17. The molecule has 1 unspecified atom stereocenters. The fraction of sp³-hybridized carbons (Fsp3) is 0.375. The van der Waals surface area contributed by atoms with Gasteiger partial charge in [-0.2, -0.15) is 0 Å². The summed E-state index contributed by atoms with van der Waals surface area (Å²) in [6.45, 7) is 1.19. The minimum Gasteiger partial charge on any atom is -0.481 e. The van der Waals surface area contributed by atoms with Crippen molar-refractivity contribution in [1.29, 1.82) is 0 Å². The number of nitrogens with zero attached hydrogens (tertiary/aromatic N) is 2. The summed E-state index contributed by atoms with van der Waals surface area (Å²) >= 11 is 1.63. The van der Waals surface area contributed by atoms with Gasteiger partial charge < -0.3 is 19.9 Å². The summed E-state index contributed by atoms with van der Waals surface area (Å²) in [5.41, 5.74) is 4.22. The largest absolute Gasteiger partial charge is 0.481 e. The van der Waals surface area contributed by atoms with Crippen LogP contribution in [0.1, 0.15) is 46.3 Å². The van der Waals surface area contributed by atoms with Crippen LogP contribution in [0.4, 0.5) is 5.82 Å². The number of aryl methyl sites for hydroxylation is 3. The Morgan fingerprint density at radius 3 is 2.94 bits per heavy atom. The van der Waals surface area contributed by atoms with E-state index in [2.05, 4.69) is 17.4 Å². The zero-order valence-electron chi connectivity index (χ0n) is 17.7. The lowest BCUT2D eigenvalue weighted by molar-refractivity contribution is -0.137. The summed E-state index contributed by atoms with van der Waals surface area (Å²) in [6, 6.07) is 9.95. The van der Waals surface area contributed by atoms with Gasteiger partial charge in [-0.3, -0.25) is 4.79 Å². The Balaban J connectivity index is 1.25. The van der Waals surface area contributed by atoms with Gasteiger partial charge in [0.2, 0.25) is 6.79 Å². The van der Waals surface area contributed by atoms with Gasteiger partial charge >= 0.3 is 5.97 Å². The predicted octanol–water partition coefficient (Wildman–Crippen LogP) is 4.21. The average Bonchev–Trinajstić information content (AvgIpc) is 3.45. The zero-order chi connectivity index (χ0) is 21.9. The van der Waals surface area contributed by atoms with Gasteiger partial charge in [0.15, 0.2) is 11.5 Å². The first-order valence-corrected chi connectivity index (χ1v) is 11.8. The molecule has 0 aliphatic carbocycles. The molecule has 166 valence electrons. The van der Waals surface area contributed by atoms with Crippen LogP contribution in [0.5, 0.6) is 11.5 Å². The van der Waals surface area contributed by atoms with Crippen molar-refractivity contribution in [3.8, 4) is 11.5 Å². The normalized spacial score (nSPS) is 15.1. The van der Waals surface area contributed by atoms with E-state index in [-0.39, 0.29) is 19.1 Å². The lowest BCUT2D eigenvalue weighted by atomic mass is 9.91. The molecule has 0 saturated carbocycles. The second-order valence-corrected chi connectivity index (χ2v) is 9.13. The molecule has 0 saturated heterocycles. The van der Waals surface area contributed by atoms with Crippen LogP contribution in [0.2, 0.25) is 0 Å². The number of hydrogen-bond donors (Lipinski definition) is 2. The molecular weight excluding hydrogens is 426 g/mol. The predicted molar refractivity (Wildman–Crippen MR) is 122 cm³/mol. The van der Waals surface area contributed by atoms with Crippen molar-refractivity contribution in [1.82, 2.24) is 9.97 Å². The van der Waals surface area contributed by atoms with E-state index in [0.29, 0.717) is 17.9 Å². The van der Waals surface area contributed by atoms with Crippen molar-refractivity contribution in [2.24, 2.45) is 0 Å². The topological polar surface area (TPSA) is 93.6 Å². The minimum atomic E-state index is -0.824. The third-order valence-corrected chi connectivity index (χ3v) is 6.85. The fourth-order valence-corrected chi connectivity index (χ4v) is 5.05. The van der Waals surface area contributed by atoms with Gasteiger partial charge in [0.05, 0.1) is 17.1 Å². The van der Waals surface area contributed by atoms with Crippen LogP contribution < -0.4 is 14.8 Å². The quantitative estimate of drug-likeness (QED) is 0.530. The molecule has 0 radical (unpaired) electrons. The second kappa shape index (κ2) is 9.16. The number of pyridine rings is 1. The molecule has 0 bridgehead atoms. The number of aromatic nitrogens is 2. The zero-order valence-corrected chi connectivity index (χ0v) is 18.5. The number of rotatable bonds is 8. The van der Waals surface area contributed by atoms with E-state index >= 15 is 0 Å². The number of hydrogen-bond acceptors (Lipinski definition) is 7. The molecule has 1 aromatic carbocycles. The van der Waals surface area contributed by atoms with Gasteiger partial charge in [-0.1, -0.05) is 12.1 Å². The van der Waals surface area contributed by atoms with Crippen molar-refractivity contribution in [3.63, 3.8) is 0 Å². The standard InChI is InChI=1S/C24H25N3O4S/c28-23(29)12-17(16-4-7-20-21(11-16)31-14-30-20)10-19-13-32-22(26-19)8-6-18-5-3-15-2-1-9-25-24(15)27-18/h3-5,7,11,13,17H,1-2,6,8-10,12,14H2,(H,25,27)(H,28,29). The highest BCUT2D eigenvalue weighted by molar-refractivity contribution is 7.09. The molecule has 0 fully saturated rings. The molecule has 2 N–H and O–H groups in total. The first-order chi connectivity index (χ1) is 15.6. The maximum absolute atomic E-state index is 11.5. The number of benzene rings is 1. The Morgan fingerprint density at radius 1 is 1.12 bits per heavy atom. The monoisotopic (exact) mass is 451 g/mol. The molecule has 1 atom stereocenters. The maximum atomic E-state index is 11.5. The summed E-state index contributed by atoms with van der Waals surface area (Å²) < 4.78 is 10.8. The number of carbonyl (C=O) groups is 1. The smallest absolute Gasteiger partial charge is 0.303 e. The molecule has 4 heterocycles. The molecule has 7 nitrogen and oxygen atoms in total. The Labute approximate surface area is 190 Å². The van der Waals surface area contributed by atoms with Crippen molar-refractivity contribution in [3.05, 3.63) is 63.2 Å². The summed E-state index contributed by atoms with van der Waals surface area (Å²) in [7, 11) is 0. The van der Waals surface area contributed by atoms with E-state index in [4.69, 9.17) is 19.4 Å². The highest BCUT2D eigenvalue weighted by atomic mass is 32.1. The first kappa shape index (κ1) is 20.8. The Hall–Kier alpha value is -3.13. The van der Waals surface area contributed by atoms with Gasteiger partial charge in [-0.15, -0.1) is 11.3 Å². The van der Waals surface area contributed by atoms with Crippen molar-refractivity contribution < 1.29 is 19.4 Å². The summed E-state index contributed by atoms with van der Waals surface area (Å²) in [4.78, 5) is 21.0. The molecule has 0 amide bonds. The number of nitrogens with one attached hydrogen (secondary N) is 1. The molecule has 32 heavy (non-hydrogen) atoms. The van der Waals surface area contributed by atoms with Crippen molar-refractivity contribution in [2.75, 3.05) is 18.7 Å². The van der Waals surface area contributed by atoms with Crippen molar-refractivity contribution >= 4 is 23.1 Å². The summed E-state index contributed by atoms with van der Waals surface area (Å²) in [5.74, 6) is 1.39. The number of anilines is 1. The summed E-state index contributed by atoms with van der Waals surface area (Å²) in [5, 5.41) is 15.9. The van der Waals surface area contributed by atoms with Crippen LogP contribution in [0.15, 0.2) is 35.7 Å². The van der Waals surface area contributed by atoms with Crippen LogP contribution in [0.3, 0.4) is 0 Å². The SMILES string of the molecule is O=C(O)CC(Cc1csc(CCc2ccc3c(n2)NCCC3)n1)c1ccc2c(c1)OCO2. The Kier molecular flexibility index (Phi) is 5.94. The Bertz CT molecular complexity index is 1130. The van der Waals surface area contributed by atoms with E-state index in [0.717, 1.165) is 60.0 Å². The van der Waals surface area contributed by atoms with E-state index in [9.17, 15) is 9.90 Å². The van der Waals surface area contributed by atoms with E-state index in [1.165, 1.54) is 5.56 Å². The molecule has 2 aromatic heterocycles. The number of thiazole rings is 1. The first-order valence-electron chi connectivity index (χ1n) is 10.9. The van der Waals surface area contributed by atoms with E-state index < -0.39 is 5.97 Å². The van der Waals surface area contributed by atoms with Crippen LogP contribution >= 0.6 is 11.3 Å². The molecule has 5 rings (SSSR count). The Morgan fingerprint density at radius 2 is 2.03 bits per heavy atom. The van der Waals surface area contributed by atoms with Gasteiger partial charge in [0, 0.05) is 30.0 Å². The average molecular weight is 452 g/mol. The van der Waals surface area contributed by atoms with Gasteiger partial charge in [-0.25, -0.2) is 9.97 Å². The highest BCUT2D eigenvalue weighted by Gasteiger charge is 2.22. The highest BCUT2D eigenvalue weighted by Crippen LogP contribution is 2.36. The molecule has 2 aliphatic rings. The van der Waals surface area contributed by atoms with E-state index in [1.807, 2.05) is 23.6 Å². The van der Waals surface area contributed by atoms with Gasteiger partial charge in [-0.05, 0) is 55.0 Å². The summed E-state index contributed by atoms with van der Waals surface area (Å²) in [6.07, 6.45) is 4.52. The third-order valence-electron chi connectivity index (χ3n) is 5.89. The number of carboxylic acid groups (broad SMARTS) is 1. The molecular formula is C24H25N3O4S. The molecule has 3 aromatic rings. The third kappa shape index (κ3) is 4.70. The molecule has 2 aliphatic heterocycles. The maximum Gasteiger partial charge on any atom is 0.303 e. The minimum absolute atomic E-state index is 0.0402. The number of ether oxygens (including phenoxy) is 2. The number of fused-ring (bicyclic) bond motifs is 2.